The highest BCUT2D eigenvalue weighted by Gasteiger charge is 2.18. The number of nitrogens with zero attached hydrogens (tertiary/aromatic N) is 1. The molecule has 108 valence electrons. The van der Waals surface area contributed by atoms with Gasteiger partial charge >= 0.3 is 0 Å². The van der Waals surface area contributed by atoms with Crippen LogP contribution in [0.1, 0.15) is 19.3 Å². The molecule has 1 heterocycles. The molecule has 1 atom stereocenters. The second-order valence-electron chi connectivity index (χ2n) is 4.71. The first-order valence-corrected chi connectivity index (χ1v) is 7.61. The van der Waals surface area contributed by atoms with Crippen LogP contribution in [0.3, 0.4) is 0 Å². The Morgan fingerprint density at radius 2 is 1.84 bits per heavy atom. The Labute approximate surface area is 139 Å². The van der Waals surface area contributed by atoms with Gasteiger partial charge in [-0.3, -0.25) is 4.90 Å². The zero-order valence-corrected chi connectivity index (χ0v) is 14.8. The molecule has 0 saturated carbocycles. The van der Waals surface area contributed by atoms with Gasteiger partial charge in [0.05, 0.1) is 0 Å². The lowest BCUT2D eigenvalue weighted by Crippen LogP contribution is -2.34. The van der Waals surface area contributed by atoms with Crippen molar-refractivity contribution in [3.63, 3.8) is 0 Å². The van der Waals surface area contributed by atoms with Gasteiger partial charge in [-0.1, -0.05) is 0 Å². The van der Waals surface area contributed by atoms with E-state index in [0.29, 0.717) is 6.42 Å². The first kappa shape index (κ1) is 17.2. The fraction of sp³-hybridized carbons (Fsp3) is 0.571. The summed E-state index contributed by atoms with van der Waals surface area (Å²) in [5.74, 6) is 0.896. The number of benzene rings is 1. The molecule has 5 heteroatoms. The first-order chi connectivity index (χ1) is 8.78. The summed E-state index contributed by atoms with van der Waals surface area (Å²) in [5, 5.41) is 9.13. The monoisotopic (exact) mass is 441 g/mol. The number of aliphatic hydroxyl groups excluding tert-OH is 1. The maximum absolute atomic E-state index is 9.13. The van der Waals surface area contributed by atoms with E-state index in [2.05, 4.69) is 27.5 Å². The van der Waals surface area contributed by atoms with Crippen LogP contribution in [0.15, 0.2) is 24.3 Å². The number of halogens is 2. The quantitative estimate of drug-likeness (QED) is 0.688. The first-order valence-electron chi connectivity index (χ1n) is 6.53. The van der Waals surface area contributed by atoms with Gasteiger partial charge < -0.3 is 9.84 Å². The third-order valence-electron chi connectivity index (χ3n) is 3.23. The molecule has 0 radical (unpaired) electrons. The third-order valence-corrected chi connectivity index (χ3v) is 3.95. The summed E-state index contributed by atoms with van der Waals surface area (Å²) in [6, 6.07) is 8.08. The van der Waals surface area contributed by atoms with Crippen LogP contribution in [0.4, 0.5) is 0 Å². The van der Waals surface area contributed by atoms with Gasteiger partial charge in [0.15, 0.2) is 0 Å². The summed E-state index contributed by atoms with van der Waals surface area (Å²) >= 11 is 2.28. The molecule has 1 saturated heterocycles. The van der Waals surface area contributed by atoms with Crippen LogP contribution in [0.2, 0.25) is 0 Å². The molecular weight excluding hydrogens is 421 g/mol. The van der Waals surface area contributed by atoms with Crippen LogP contribution in [0, 0.1) is 3.57 Å². The largest absolute Gasteiger partial charge is 0.489 e. The van der Waals surface area contributed by atoms with Gasteiger partial charge in [0.1, 0.15) is 11.9 Å². The summed E-state index contributed by atoms with van der Waals surface area (Å²) in [5.41, 5.74) is 0. The third kappa shape index (κ3) is 5.97. The maximum Gasteiger partial charge on any atom is 0.119 e. The summed E-state index contributed by atoms with van der Waals surface area (Å²) in [6.45, 7) is 3.44. The summed E-state index contributed by atoms with van der Waals surface area (Å²) in [4.78, 5) is 2.42. The minimum Gasteiger partial charge on any atom is -0.489 e. The molecule has 1 aromatic carbocycles. The second-order valence-corrected chi connectivity index (χ2v) is 5.96. The van der Waals surface area contributed by atoms with Gasteiger partial charge in [-0.25, -0.2) is 0 Å². The molecule has 1 aromatic rings. The number of hydrogen-bond acceptors (Lipinski definition) is 3. The minimum absolute atomic E-state index is 0. The van der Waals surface area contributed by atoms with E-state index in [-0.39, 0.29) is 29.7 Å². The minimum atomic E-state index is 0. The molecule has 0 aromatic heterocycles. The lowest BCUT2D eigenvalue weighted by Gasteiger charge is -2.24. The second kappa shape index (κ2) is 9.15. The van der Waals surface area contributed by atoms with Gasteiger partial charge in [-0.05, 0) is 72.8 Å². The predicted molar refractivity (Wildman–Crippen MR) is 91.3 cm³/mol. The van der Waals surface area contributed by atoms with Crippen LogP contribution in [0.5, 0.6) is 5.75 Å². The van der Waals surface area contributed by atoms with Gasteiger partial charge in [0.25, 0.3) is 0 Å². The molecule has 0 bridgehead atoms. The predicted octanol–water partition coefficient (Wildman–Crippen LogP) is 3.09. The van der Waals surface area contributed by atoms with Crippen molar-refractivity contribution in [2.45, 2.75) is 25.4 Å². The zero-order chi connectivity index (χ0) is 12.8. The lowest BCUT2D eigenvalue weighted by atomic mass is 10.2. The Bertz CT molecular complexity index is 355. The van der Waals surface area contributed by atoms with Gasteiger partial charge in [0.2, 0.25) is 0 Å². The molecule has 0 amide bonds. The maximum atomic E-state index is 9.13. The highest BCUT2D eigenvalue weighted by Crippen LogP contribution is 2.17. The van der Waals surface area contributed by atoms with Crippen molar-refractivity contribution in [2.24, 2.45) is 0 Å². The van der Waals surface area contributed by atoms with E-state index in [1.807, 2.05) is 24.3 Å². The molecule has 1 aliphatic rings. The van der Waals surface area contributed by atoms with E-state index in [4.69, 9.17) is 9.84 Å². The summed E-state index contributed by atoms with van der Waals surface area (Å²) in [7, 11) is 0. The fourth-order valence-electron chi connectivity index (χ4n) is 2.29. The molecule has 1 N–H and O–H groups in total. The van der Waals surface area contributed by atoms with E-state index in [1.54, 1.807) is 0 Å². The van der Waals surface area contributed by atoms with Crippen LogP contribution in [-0.4, -0.2) is 42.4 Å². The highest BCUT2D eigenvalue weighted by atomic mass is 127. The number of ether oxygens (including phenoxy) is 1. The van der Waals surface area contributed by atoms with E-state index in [1.165, 1.54) is 16.4 Å². The van der Waals surface area contributed by atoms with Crippen LogP contribution < -0.4 is 4.74 Å². The summed E-state index contributed by atoms with van der Waals surface area (Å²) in [6.07, 6.45) is 3.36. The van der Waals surface area contributed by atoms with Crippen molar-refractivity contribution in [1.29, 1.82) is 0 Å². The number of likely N-dealkylation sites (tertiary alicyclic amines) is 1. The molecule has 19 heavy (non-hydrogen) atoms. The Kier molecular flexibility index (Phi) is 8.29. The molecule has 1 aliphatic heterocycles. The topological polar surface area (TPSA) is 32.7 Å². The molecular formula is C14H21BrINO2. The SMILES string of the molecule is Br.OCC[C@@H](CN1CCCC1)Oc1ccc(I)cc1. The van der Waals surface area contributed by atoms with Crippen LogP contribution >= 0.6 is 39.6 Å². The van der Waals surface area contributed by atoms with E-state index in [9.17, 15) is 0 Å². The zero-order valence-electron chi connectivity index (χ0n) is 10.9. The van der Waals surface area contributed by atoms with Crippen molar-refractivity contribution in [1.82, 2.24) is 4.90 Å². The van der Waals surface area contributed by atoms with Gasteiger partial charge in [-0.2, -0.15) is 0 Å². The average molecular weight is 442 g/mol. The Hall–Kier alpha value is 0.150. The van der Waals surface area contributed by atoms with Crippen LogP contribution in [0.25, 0.3) is 0 Å². The number of hydrogen-bond donors (Lipinski definition) is 1. The number of rotatable bonds is 6. The molecule has 1 fully saturated rings. The molecule has 0 unspecified atom stereocenters. The van der Waals surface area contributed by atoms with Crippen LogP contribution in [-0.2, 0) is 0 Å². The lowest BCUT2D eigenvalue weighted by molar-refractivity contribution is 0.116. The van der Waals surface area contributed by atoms with Crippen molar-refractivity contribution < 1.29 is 9.84 Å². The van der Waals surface area contributed by atoms with E-state index in [0.717, 1.165) is 25.4 Å². The van der Waals surface area contributed by atoms with E-state index >= 15 is 0 Å². The smallest absolute Gasteiger partial charge is 0.119 e. The Morgan fingerprint density at radius 1 is 1.21 bits per heavy atom. The van der Waals surface area contributed by atoms with Gasteiger partial charge in [0, 0.05) is 23.1 Å². The van der Waals surface area contributed by atoms with Gasteiger partial charge in [-0.15, -0.1) is 17.0 Å². The Morgan fingerprint density at radius 3 is 2.42 bits per heavy atom. The molecule has 3 nitrogen and oxygen atoms in total. The fourth-order valence-corrected chi connectivity index (χ4v) is 2.65. The standard InChI is InChI=1S/C14H20INO2.BrH/c15-12-3-5-13(6-4-12)18-14(7-10-17)11-16-8-1-2-9-16;/h3-6,14,17H,1-2,7-11H2;1H/t14-;/m0./s1. The van der Waals surface area contributed by atoms with Crippen molar-refractivity contribution >= 4 is 39.6 Å². The van der Waals surface area contributed by atoms with E-state index < -0.39 is 0 Å². The van der Waals surface area contributed by atoms with Crippen molar-refractivity contribution in [2.75, 3.05) is 26.2 Å². The Balaban J connectivity index is 0.00000180. The molecule has 0 aliphatic carbocycles. The molecule has 0 spiro atoms. The van der Waals surface area contributed by atoms with Crippen molar-refractivity contribution in [3.05, 3.63) is 27.8 Å². The average Bonchev–Trinajstić information content (AvgIpc) is 2.85. The molecule has 2 rings (SSSR count). The highest BCUT2D eigenvalue weighted by molar-refractivity contribution is 14.1. The normalized spacial score (nSPS) is 16.9. The summed E-state index contributed by atoms with van der Waals surface area (Å²) < 4.78 is 7.17. The van der Waals surface area contributed by atoms with Crippen molar-refractivity contribution in [3.8, 4) is 5.75 Å². The number of aliphatic hydroxyl groups is 1.